The van der Waals surface area contributed by atoms with Crippen LogP contribution in [-0.2, 0) is 29.1 Å². The van der Waals surface area contributed by atoms with E-state index in [0.29, 0.717) is 11.3 Å². The third kappa shape index (κ3) is 5.48. The number of hydrogen-bond donors (Lipinski definition) is 2. The Kier molecular flexibility index (Phi) is 6.46. The zero-order chi connectivity index (χ0) is 19.8. The molecule has 0 unspecified atom stereocenters. The molecule has 0 aliphatic rings. The number of nitrogens with zero attached hydrogens (tertiary/aromatic N) is 1. The van der Waals surface area contributed by atoms with Crippen molar-refractivity contribution in [3.8, 4) is 5.75 Å². The summed E-state index contributed by atoms with van der Waals surface area (Å²) in [5.74, 6) is 0.258. The first-order valence-electron chi connectivity index (χ1n) is 8.99. The first kappa shape index (κ1) is 19.2. The van der Waals surface area contributed by atoms with E-state index in [1.807, 2.05) is 30.3 Å². The molecule has 0 bridgehead atoms. The number of benzene rings is 2. The van der Waals surface area contributed by atoms with Crippen LogP contribution in [0.4, 0.5) is 0 Å². The molecule has 1 heterocycles. The Morgan fingerprint density at radius 3 is 2.39 bits per heavy atom. The lowest BCUT2D eigenvalue weighted by molar-refractivity contribution is -0.134. The van der Waals surface area contributed by atoms with Gasteiger partial charge in [0.2, 0.25) is 11.8 Å². The van der Waals surface area contributed by atoms with Crippen molar-refractivity contribution in [1.82, 2.24) is 10.2 Å². The van der Waals surface area contributed by atoms with E-state index in [0.717, 1.165) is 5.56 Å². The molecule has 1 aromatic heterocycles. The lowest BCUT2D eigenvalue weighted by atomic mass is 10.1. The van der Waals surface area contributed by atoms with Gasteiger partial charge in [0.1, 0.15) is 11.5 Å². The fraction of sp³-hybridized carbons (Fsp3) is 0.182. The summed E-state index contributed by atoms with van der Waals surface area (Å²) in [7, 11) is 0. The van der Waals surface area contributed by atoms with Crippen molar-refractivity contribution in [2.75, 3.05) is 6.54 Å². The van der Waals surface area contributed by atoms with Crippen LogP contribution in [0.5, 0.6) is 5.75 Å². The maximum Gasteiger partial charge on any atom is 0.242 e. The molecule has 144 valence electrons. The monoisotopic (exact) mass is 378 g/mol. The normalized spacial score (nSPS) is 10.4. The highest BCUT2D eigenvalue weighted by Crippen LogP contribution is 2.19. The molecule has 6 heteroatoms. The van der Waals surface area contributed by atoms with Crippen molar-refractivity contribution in [1.29, 1.82) is 0 Å². The highest BCUT2D eigenvalue weighted by molar-refractivity contribution is 5.85. The fourth-order valence-electron chi connectivity index (χ4n) is 2.80. The molecule has 0 radical (unpaired) electrons. The van der Waals surface area contributed by atoms with Gasteiger partial charge in [0.15, 0.2) is 0 Å². The van der Waals surface area contributed by atoms with E-state index in [4.69, 9.17) is 4.42 Å². The van der Waals surface area contributed by atoms with Crippen molar-refractivity contribution in [3.05, 3.63) is 89.9 Å². The maximum atomic E-state index is 12.7. The molecule has 0 aliphatic carbocycles. The molecule has 3 aromatic rings. The average Bonchev–Trinajstić information content (AvgIpc) is 3.21. The predicted octanol–water partition coefficient (Wildman–Crippen LogP) is 2.87. The number of carbonyl (C=O) groups excluding carboxylic acids is 2. The molecule has 0 saturated carbocycles. The zero-order valence-electron chi connectivity index (χ0n) is 15.4. The number of aromatic hydroxyl groups is 1. The standard InChI is InChI=1S/C22H22N2O4/c25-20-11-5-4-9-18(20)15-24(16-19-10-6-12-28-19)22(27)14-23-21(26)13-17-7-2-1-3-8-17/h1-12,25H,13-16H2,(H,23,26). The second-order valence-electron chi connectivity index (χ2n) is 6.40. The summed E-state index contributed by atoms with van der Waals surface area (Å²) in [4.78, 5) is 26.4. The van der Waals surface area contributed by atoms with Crippen LogP contribution in [0.25, 0.3) is 0 Å². The van der Waals surface area contributed by atoms with Gasteiger partial charge in [-0.25, -0.2) is 0 Å². The number of phenols is 1. The third-order valence-corrected chi connectivity index (χ3v) is 4.28. The molecule has 0 spiro atoms. The summed E-state index contributed by atoms with van der Waals surface area (Å²) in [5, 5.41) is 12.7. The third-order valence-electron chi connectivity index (χ3n) is 4.28. The minimum absolute atomic E-state index is 0.118. The van der Waals surface area contributed by atoms with Crippen LogP contribution in [0.2, 0.25) is 0 Å². The molecule has 28 heavy (non-hydrogen) atoms. The average molecular weight is 378 g/mol. The van der Waals surface area contributed by atoms with Gasteiger partial charge in [0.05, 0.1) is 25.8 Å². The molecule has 0 aliphatic heterocycles. The minimum atomic E-state index is -0.263. The van der Waals surface area contributed by atoms with E-state index < -0.39 is 0 Å². The summed E-state index contributed by atoms with van der Waals surface area (Å²) < 4.78 is 5.34. The van der Waals surface area contributed by atoms with E-state index in [1.165, 1.54) is 4.90 Å². The minimum Gasteiger partial charge on any atom is -0.508 e. The van der Waals surface area contributed by atoms with Gasteiger partial charge in [-0.15, -0.1) is 0 Å². The van der Waals surface area contributed by atoms with Crippen LogP contribution in [0.1, 0.15) is 16.9 Å². The lowest BCUT2D eigenvalue weighted by Gasteiger charge is -2.22. The van der Waals surface area contributed by atoms with Gasteiger partial charge < -0.3 is 19.7 Å². The molecular weight excluding hydrogens is 356 g/mol. The quantitative estimate of drug-likeness (QED) is 0.631. The van der Waals surface area contributed by atoms with Gasteiger partial charge >= 0.3 is 0 Å². The fourth-order valence-corrected chi connectivity index (χ4v) is 2.80. The molecule has 6 nitrogen and oxygen atoms in total. The van der Waals surface area contributed by atoms with Crippen molar-refractivity contribution < 1.29 is 19.1 Å². The van der Waals surface area contributed by atoms with Crippen LogP contribution in [0, 0.1) is 0 Å². The van der Waals surface area contributed by atoms with Gasteiger partial charge in [-0.05, 0) is 23.8 Å². The molecule has 3 rings (SSSR count). The van der Waals surface area contributed by atoms with Crippen LogP contribution >= 0.6 is 0 Å². The number of rotatable bonds is 8. The van der Waals surface area contributed by atoms with Gasteiger partial charge in [0.25, 0.3) is 0 Å². The number of furan rings is 1. The summed E-state index contributed by atoms with van der Waals surface area (Å²) in [6, 6.07) is 19.7. The van der Waals surface area contributed by atoms with E-state index in [2.05, 4.69) is 5.32 Å². The topological polar surface area (TPSA) is 82.8 Å². The Hall–Kier alpha value is -3.54. The Labute approximate surface area is 163 Å². The van der Waals surface area contributed by atoms with Gasteiger partial charge in [-0.1, -0.05) is 48.5 Å². The number of nitrogens with one attached hydrogen (secondary N) is 1. The number of phenolic OH excluding ortho intramolecular Hbond substituents is 1. The second-order valence-corrected chi connectivity index (χ2v) is 6.40. The van der Waals surface area contributed by atoms with Gasteiger partial charge in [0, 0.05) is 12.1 Å². The van der Waals surface area contributed by atoms with Crippen LogP contribution in [0.15, 0.2) is 77.4 Å². The highest BCUT2D eigenvalue weighted by Gasteiger charge is 2.18. The summed E-state index contributed by atoms with van der Waals surface area (Å²) in [6.07, 6.45) is 1.76. The maximum absolute atomic E-state index is 12.7. The van der Waals surface area contributed by atoms with Crippen molar-refractivity contribution in [2.24, 2.45) is 0 Å². The molecular formula is C22H22N2O4. The number of amides is 2. The molecule has 2 aromatic carbocycles. The van der Waals surface area contributed by atoms with Gasteiger partial charge in [-0.3, -0.25) is 9.59 Å². The molecule has 0 atom stereocenters. The largest absolute Gasteiger partial charge is 0.508 e. The summed E-state index contributed by atoms with van der Waals surface area (Å²) in [5.41, 5.74) is 1.51. The number of para-hydroxylation sites is 1. The van der Waals surface area contributed by atoms with Crippen molar-refractivity contribution in [3.63, 3.8) is 0 Å². The molecule has 0 saturated heterocycles. The van der Waals surface area contributed by atoms with Crippen molar-refractivity contribution >= 4 is 11.8 Å². The molecule has 2 N–H and O–H groups in total. The SMILES string of the molecule is O=C(Cc1ccccc1)NCC(=O)N(Cc1ccco1)Cc1ccccc1O. The predicted molar refractivity (Wildman–Crippen MR) is 104 cm³/mol. The molecule has 2 amide bonds. The zero-order valence-corrected chi connectivity index (χ0v) is 15.4. The summed E-state index contributed by atoms with van der Waals surface area (Å²) in [6.45, 7) is 0.329. The van der Waals surface area contributed by atoms with Crippen molar-refractivity contribution in [2.45, 2.75) is 19.5 Å². The van der Waals surface area contributed by atoms with Crippen LogP contribution < -0.4 is 5.32 Å². The Balaban J connectivity index is 1.62. The number of carbonyl (C=O) groups is 2. The highest BCUT2D eigenvalue weighted by atomic mass is 16.3. The van der Waals surface area contributed by atoms with E-state index in [1.54, 1.807) is 42.7 Å². The smallest absolute Gasteiger partial charge is 0.242 e. The first-order chi connectivity index (χ1) is 13.6. The van der Waals surface area contributed by atoms with Crippen LogP contribution in [0.3, 0.4) is 0 Å². The number of hydrogen-bond acceptors (Lipinski definition) is 4. The Morgan fingerprint density at radius 2 is 1.68 bits per heavy atom. The molecule has 0 fully saturated rings. The van der Waals surface area contributed by atoms with E-state index >= 15 is 0 Å². The summed E-state index contributed by atoms with van der Waals surface area (Å²) >= 11 is 0. The lowest BCUT2D eigenvalue weighted by Crippen LogP contribution is -2.40. The second kappa shape index (κ2) is 9.41. The first-order valence-corrected chi connectivity index (χ1v) is 8.99. The van der Waals surface area contributed by atoms with Gasteiger partial charge in [-0.2, -0.15) is 0 Å². The Bertz CT molecular complexity index is 907. The van der Waals surface area contributed by atoms with E-state index in [-0.39, 0.29) is 43.6 Å². The Morgan fingerprint density at radius 1 is 0.929 bits per heavy atom. The van der Waals surface area contributed by atoms with Crippen LogP contribution in [-0.4, -0.2) is 28.4 Å². The van der Waals surface area contributed by atoms with E-state index in [9.17, 15) is 14.7 Å².